The highest BCUT2D eigenvalue weighted by Crippen LogP contribution is 2.40. The van der Waals surface area contributed by atoms with E-state index in [9.17, 15) is 14.7 Å². The van der Waals surface area contributed by atoms with Gasteiger partial charge in [-0.3, -0.25) is 9.59 Å². The van der Waals surface area contributed by atoms with Crippen molar-refractivity contribution in [3.05, 3.63) is 40.5 Å². The second kappa shape index (κ2) is 8.36. The molecule has 1 saturated heterocycles. The normalized spacial score (nSPS) is 26.1. The van der Waals surface area contributed by atoms with E-state index in [4.69, 9.17) is 4.74 Å². The fourth-order valence-electron chi connectivity index (χ4n) is 4.45. The maximum atomic E-state index is 12.7. The van der Waals surface area contributed by atoms with Crippen molar-refractivity contribution < 1.29 is 19.4 Å². The Morgan fingerprint density at radius 3 is 2.48 bits per heavy atom. The van der Waals surface area contributed by atoms with Crippen molar-refractivity contribution in [3.63, 3.8) is 0 Å². The number of hydrogen-bond donors (Lipinski definition) is 1. The molecular weight excluding hydrogens is 342 g/mol. The zero-order valence-corrected chi connectivity index (χ0v) is 16.4. The second-order valence-electron chi connectivity index (χ2n) is 7.66. The Labute approximate surface area is 161 Å². The van der Waals surface area contributed by atoms with Gasteiger partial charge in [-0.25, -0.2) is 0 Å². The standard InChI is InChI=1S/C22H29NO4/c1-4-5-16-10-14(2)20(15(3)11-16)21-18(24)12-17(22(21)26)13-19(25)23-6-8-27-9-7-23/h4-5,10-11,17,21-22,26H,6-9,12-13H2,1-3H3/b5-4+. The molecule has 2 fully saturated rings. The minimum atomic E-state index is -0.813. The Balaban J connectivity index is 1.78. The van der Waals surface area contributed by atoms with E-state index < -0.39 is 12.0 Å². The minimum absolute atomic E-state index is 0.00711. The first-order valence-electron chi connectivity index (χ1n) is 9.72. The lowest BCUT2D eigenvalue weighted by molar-refractivity contribution is -0.137. The molecule has 1 aliphatic heterocycles. The fraction of sp³-hybridized carbons (Fsp3) is 0.545. The van der Waals surface area contributed by atoms with Gasteiger partial charge in [0, 0.05) is 31.8 Å². The molecule has 0 bridgehead atoms. The predicted molar refractivity (Wildman–Crippen MR) is 105 cm³/mol. The summed E-state index contributed by atoms with van der Waals surface area (Å²) in [6, 6.07) is 4.10. The first-order chi connectivity index (χ1) is 12.9. The molecule has 2 aliphatic rings. The van der Waals surface area contributed by atoms with Gasteiger partial charge in [-0.2, -0.15) is 0 Å². The molecule has 1 aliphatic carbocycles. The summed E-state index contributed by atoms with van der Waals surface area (Å²) in [5.41, 5.74) is 4.04. The third-order valence-electron chi connectivity index (χ3n) is 5.72. The van der Waals surface area contributed by atoms with E-state index in [0.717, 1.165) is 22.3 Å². The largest absolute Gasteiger partial charge is 0.392 e. The van der Waals surface area contributed by atoms with Crippen LogP contribution in [0.3, 0.4) is 0 Å². The van der Waals surface area contributed by atoms with E-state index in [1.54, 1.807) is 4.90 Å². The van der Waals surface area contributed by atoms with Crippen LogP contribution in [0.4, 0.5) is 0 Å². The number of ether oxygens (including phenoxy) is 1. The molecule has 27 heavy (non-hydrogen) atoms. The van der Waals surface area contributed by atoms with Crippen LogP contribution in [0.25, 0.3) is 6.08 Å². The lowest BCUT2D eigenvalue weighted by Gasteiger charge is -2.28. The van der Waals surface area contributed by atoms with Crippen molar-refractivity contribution >= 4 is 17.8 Å². The van der Waals surface area contributed by atoms with Crippen LogP contribution in [0.2, 0.25) is 0 Å². The van der Waals surface area contributed by atoms with Crippen molar-refractivity contribution in [2.24, 2.45) is 5.92 Å². The molecule has 1 aromatic rings. The first kappa shape index (κ1) is 19.8. The molecule has 0 spiro atoms. The van der Waals surface area contributed by atoms with Crippen LogP contribution in [-0.4, -0.2) is 54.1 Å². The lowest BCUT2D eigenvalue weighted by atomic mass is 9.85. The van der Waals surface area contributed by atoms with Gasteiger partial charge in [-0.05, 0) is 43.0 Å². The van der Waals surface area contributed by atoms with Crippen molar-refractivity contribution in [3.8, 4) is 0 Å². The summed E-state index contributed by atoms with van der Waals surface area (Å²) < 4.78 is 5.28. The van der Waals surface area contributed by atoms with Gasteiger partial charge < -0.3 is 14.7 Å². The van der Waals surface area contributed by atoms with Gasteiger partial charge in [0.1, 0.15) is 5.78 Å². The van der Waals surface area contributed by atoms with Crippen molar-refractivity contribution in [2.45, 2.75) is 45.6 Å². The van der Waals surface area contributed by atoms with Crippen LogP contribution in [0.5, 0.6) is 0 Å². The van der Waals surface area contributed by atoms with Crippen LogP contribution >= 0.6 is 0 Å². The molecule has 1 heterocycles. The van der Waals surface area contributed by atoms with Gasteiger partial charge in [0.2, 0.25) is 5.91 Å². The Morgan fingerprint density at radius 2 is 1.89 bits per heavy atom. The molecule has 1 amide bonds. The summed E-state index contributed by atoms with van der Waals surface area (Å²) in [6.07, 6.45) is 3.68. The topological polar surface area (TPSA) is 66.8 Å². The van der Waals surface area contributed by atoms with Crippen LogP contribution < -0.4 is 0 Å². The monoisotopic (exact) mass is 371 g/mol. The average molecular weight is 371 g/mol. The number of aryl methyl sites for hydroxylation is 2. The summed E-state index contributed by atoms with van der Waals surface area (Å²) in [6.45, 7) is 8.23. The zero-order chi connectivity index (χ0) is 19.6. The number of carbonyl (C=O) groups excluding carboxylic acids is 2. The SMILES string of the molecule is C/C=C/c1cc(C)c(C2C(=O)CC(CC(=O)N3CCOCC3)C2O)c(C)c1. The number of carbonyl (C=O) groups is 2. The highest BCUT2D eigenvalue weighted by molar-refractivity contribution is 5.91. The van der Waals surface area contributed by atoms with Gasteiger partial charge in [0.05, 0.1) is 25.2 Å². The van der Waals surface area contributed by atoms with Crippen molar-refractivity contribution in [1.82, 2.24) is 4.90 Å². The van der Waals surface area contributed by atoms with Crippen LogP contribution in [-0.2, 0) is 14.3 Å². The van der Waals surface area contributed by atoms with Gasteiger partial charge >= 0.3 is 0 Å². The molecule has 1 aromatic carbocycles. The number of hydrogen-bond acceptors (Lipinski definition) is 4. The Bertz CT molecular complexity index is 726. The van der Waals surface area contributed by atoms with Gasteiger partial charge in [0.15, 0.2) is 0 Å². The van der Waals surface area contributed by atoms with E-state index in [1.165, 1.54) is 0 Å². The molecule has 0 aromatic heterocycles. The Morgan fingerprint density at radius 1 is 1.26 bits per heavy atom. The number of aliphatic hydroxyl groups excluding tert-OH is 1. The number of allylic oxidation sites excluding steroid dienone is 1. The number of rotatable bonds is 4. The molecule has 0 radical (unpaired) electrons. The summed E-state index contributed by atoms with van der Waals surface area (Å²) in [4.78, 5) is 27.1. The van der Waals surface area contributed by atoms with Crippen LogP contribution in [0, 0.1) is 19.8 Å². The number of aliphatic hydroxyl groups is 1. The second-order valence-corrected chi connectivity index (χ2v) is 7.66. The van der Waals surface area contributed by atoms with E-state index in [2.05, 4.69) is 12.1 Å². The van der Waals surface area contributed by atoms with Gasteiger partial charge in [-0.15, -0.1) is 0 Å². The van der Waals surface area contributed by atoms with E-state index in [-0.39, 0.29) is 30.4 Å². The number of Topliss-reactive ketones (excluding diaryl/α,β-unsaturated/α-hetero) is 1. The molecule has 1 N–H and O–H groups in total. The third kappa shape index (κ3) is 4.14. The maximum absolute atomic E-state index is 12.7. The molecular formula is C22H29NO4. The first-order valence-corrected chi connectivity index (χ1v) is 9.72. The van der Waals surface area contributed by atoms with Gasteiger partial charge in [-0.1, -0.05) is 24.3 Å². The summed E-state index contributed by atoms with van der Waals surface area (Å²) >= 11 is 0. The van der Waals surface area contributed by atoms with Crippen LogP contribution in [0.1, 0.15) is 47.9 Å². The third-order valence-corrected chi connectivity index (χ3v) is 5.72. The lowest BCUT2D eigenvalue weighted by Crippen LogP contribution is -2.42. The zero-order valence-electron chi connectivity index (χ0n) is 16.4. The average Bonchev–Trinajstić information content (AvgIpc) is 2.90. The van der Waals surface area contributed by atoms with Crippen molar-refractivity contribution in [1.29, 1.82) is 0 Å². The number of benzene rings is 1. The summed E-state index contributed by atoms with van der Waals surface area (Å²) in [7, 11) is 0. The molecule has 3 rings (SSSR count). The molecule has 5 nitrogen and oxygen atoms in total. The van der Waals surface area contributed by atoms with E-state index in [1.807, 2.05) is 32.9 Å². The fourth-order valence-corrected chi connectivity index (χ4v) is 4.45. The van der Waals surface area contributed by atoms with Crippen LogP contribution in [0.15, 0.2) is 18.2 Å². The highest BCUT2D eigenvalue weighted by atomic mass is 16.5. The summed E-state index contributed by atoms with van der Waals surface area (Å²) in [5.74, 6) is -0.807. The Kier molecular flexibility index (Phi) is 6.12. The number of amides is 1. The molecule has 146 valence electrons. The predicted octanol–water partition coefficient (Wildman–Crippen LogP) is 2.62. The quantitative estimate of drug-likeness (QED) is 0.884. The molecule has 3 unspecified atom stereocenters. The molecule has 5 heteroatoms. The van der Waals surface area contributed by atoms with E-state index in [0.29, 0.717) is 26.3 Å². The van der Waals surface area contributed by atoms with E-state index >= 15 is 0 Å². The van der Waals surface area contributed by atoms with Crippen molar-refractivity contribution in [2.75, 3.05) is 26.3 Å². The maximum Gasteiger partial charge on any atom is 0.223 e. The van der Waals surface area contributed by atoms with Gasteiger partial charge in [0.25, 0.3) is 0 Å². The highest BCUT2D eigenvalue weighted by Gasteiger charge is 2.44. The Hall–Kier alpha value is -1.98. The number of morpholine rings is 1. The molecule has 1 saturated carbocycles. The number of nitrogens with zero attached hydrogens (tertiary/aromatic N) is 1. The smallest absolute Gasteiger partial charge is 0.223 e. The summed E-state index contributed by atoms with van der Waals surface area (Å²) in [5, 5.41) is 10.9. The minimum Gasteiger partial charge on any atom is -0.392 e. The number of ketones is 1. The molecule has 3 atom stereocenters.